The van der Waals surface area contributed by atoms with E-state index in [2.05, 4.69) is 10.5 Å². The van der Waals surface area contributed by atoms with Crippen LogP contribution in [0.2, 0.25) is 0 Å². The van der Waals surface area contributed by atoms with Gasteiger partial charge in [0, 0.05) is 18.5 Å². The Bertz CT molecular complexity index is 492. The maximum atomic E-state index is 13.3. The number of carbonyl (C=O) groups excluding carboxylic acids is 1. The van der Waals surface area contributed by atoms with Gasteiger partial charge < -0.3 is 16.3 Å². The van der Waals surface area contributed by atoms with E-state index in [4.69, 9.17) is 10.9 Å². The maximum absolute atomic E-state index is 13.3. The molecule has 1 rings (SSSR count). The highest BCUT2D eigenvalue weighted by molar-refractivity contribution is 5.82. The molecule has 7 heteroatoms. The van der Waals surface area contributed by atoms with Crippen molar-refractivity contribution in [2.24, 2.45) is 10.9 Å². The van der Waals surface area contributed by atoms with Crippen LogP contribution in [0.15, 0.2) is 23.4 Å². The second-order valence-corrected chi connectivity index (χ2v) is 4.18. The summed E-state index contributed by atoms with van der Waals surface area (Å²) in [6, 6.07) is 2.68. The van der Waals surface area contributed by atoms with Crippen molar-refractivity contribution < 1.29 is 18.8 Å². The first-order valence-electron chi connectivity index (χ1n) is 5.62. The van der Waals surface area contributed by atoms with Crippen molar-refractivity contribution in [1.82, 2.24) is 5.32 Å². The molecule has 1 amide bonds. The highest BCUT2D eigenvalue weighted by Crippen LogP contribution is 2.10. The Balaban J connectivity index is 2.55. The molecule has 0 aliphatic heterocycles. The number of rotatable bonds is 5. The van der Waals surface area contributed by atoms with Gasteiger partial charge in [-0.1, -0.05) is 11.2 Å². The molecular formula is C12H15F2N3O2. The summed E-state index contributed by atoms with van der Waals surface area (Å²) in [5.74, 6) is -1.90. The molecule has 0 saturated carbocycles. The lowest BCUT2D eigenvalue weighted by Gasteiger charge is -2.13. The van der Waals surface area contributed by atoms with Crippen molar-refractivity contribution in [2.75, 3.05) is 0 Å². The summed E-state index contributed by atoms with van der Waals surface area (Å²) in [7, 11) is 0. The summed E-state index contributed by atoms with van der Waals surface area (Å²) in [5.41, 5.74) is 5.40. The van der Waals surface area contributed by atoms with Gasteiger partial charge in [-0.3, -0.25) is 4.79 Å². The number of hydrogen-bond acceptors (Lipinski definition) is 3. The molecule has 0 aliphatic rings. The third kappa shape index (κ3) is 4.90. The summed E-state index contributed by atoms with van der Waals surface area (Å²) in [6.45, 7) is 1.66. The lowest BCUT2D eigenvalue weighted by Crippen LogP contribution is -2.36. The minimum atomic E-state index is -0.765. The molecule has 1 aromatic carbocycles. The van der Waals surface area contributed by atoms with Gasteiger partial charge in [0.25, 0.3) is 0 Å². The number of nitrogens with zero attached hydrogens (tertiary/aromatic N) is 1. The van der Waals surface area contributed by atoms with Crippen molar-refractivity contribution in [3.63, 3.8) is 0 Å². The van der Waals surface area contributed by atoms with Crippen LogP contribution in [0.4, 0.5) is 8.78 Å². The molecule has 104 valence electrons. The highest BCUT2D eigenvalue weighted by atomic mass is 19.1. The Hall–Kier alpha value is -2.18. The second kappa shape index (κ2) is 6.67. The number of amidine groups is 1. The first-order valence-corrected chi connectivity index (χ1v) is 5.62. The van der Waals surface area contributed by atoms with E-state index < -0.39 is 17.5 Å². The van der Waals surface area contributed by atoms with Gasteiger partial charge >= 0.3 is 0 Å². The lowest BCUT2D eigenvalue weighted by atomic mass is 10.1. The molecule has 0 aromatic heterocycles. The number of oxime groups is 1. The fourth-order valence-corrected chi connectivity index (χ4v) is 1.57. The first kappa shape index (κ1) is 14.9. The topological polar surface area (TPSA) is 87.7 Å². The van der Waals surface area contributed by atoms with Crippen LogP contribution < -0.4 is 11.1 Å². The Morgan fingerprint density at radius 2 is 2.21 bits per heavy atom. The molecule has 1 atom stereocenters. The van der Waals surface area contributed by atoms with Crippen molar-refractivity contribution in [1.29, 1.82) is 0 Å². The summed E-state index contributed by atoms with van der Waals surface area (Å²) in [5, 5.41) is 13.7. The Morgan fingerprint density at radius 1 is 1.53 bits per heavy atom. The molecule has 0 aliphatic carbocycles. The smallest absolute Gasteiger partial charge is 0.224 e. The Morgan fingerprint density at radius 3 is 2.79 bits per heavy atom. The van der Waals surface area contributed by atoms with Crippen LogP contribution in [0.1, 0.15) is 18.9 Å². The van der Waals surface area contributed by atoms with Crippen molar-refractivity contribution in [3.05, 3.63) is 35.4 Å². The molecule has 5 nitrogen and oxygen atoms in total. The summed E-state index contributed by atoms with van der Waals surface area (Å²) in [6.07, 6.45) is -0.0270. The van der Waals surface area contributed by atoms with Crippen LogP contribution in [0.5, 0.6) is 0 Å². The van der Waals surface area contributed by atoms with Crippen molar-refractivity contribution in [3.8, 4) is 0 Å². The molecule has 1 aromatic rings. The maximum Gasteiger partial charge on any atom is 0.224 e. The normalized spacial score (nSPS) is 13.1. The van der Waals surface area contributed by atoms with Gasteiger partial charge in [-0.15, -0.1) is 0 Å². The predicted molar refractivity (Wildman–Crippen MR) is 65.7 cm³/mol. The number of amides is 1. The molecule has 1 unspecified atom stereocenters. The van der Waals surface area contributed by atoms with E-state index in [9.17, 15) is 13.6 Å². The zero-order valence-corrected chi connectivity index (χ0v) is 10.4. The predicted octanol–water partition coefficient (Wildman–Crippen LogP) is 1.15. The summed E-state index contributed by atoms with van der Waals surface area (Å²) >= 11 is 0. The van der Waals surface area contributed by atoms with Gasteiger partial charge in [-0.05, 0) is 18.6 Å². The number of nitrogens with two attached hydrogens (primary N) is 1. The van der Waals surface area contributed by atoms with E-state index in [0.717, 1.165) is 12.1 Å². The number of carbonyl (C=O) groups is 1. The third-order valence-electron chi connectivity index (χ3n) is 2.42. The number of halogens is 2. The second-order valence-electron chi connectivity index (χ2n) is 4.18. The molecule has 0 fully saturated rings. The van der Waals surface area contributed by atoms with E-state index in [1.165, 1.54) is 6.07 Å². The molecular weight excluding hydrogens is 256 g/mol. The van der Waals surface area contributed by atoms with Crippen molar-refractivity contribution >= 4 is 11.7 Å². The van der Waals surface area contributed by atoms with E-state index in [1.807, 2.05) is 0 Å². The number of nitrogens with one attached hydrogen (secondary N) is 1. The zero-order chi connectivity index (χ0) is 14.4. The van der Waals surface area contributed by atoms with E-state index in [0.29, 0.717) is 0 Å². The lowest BCUT2D eigenvalue weighted by molar-refractivity contribution is -0.121. The first-order chi connectivity index (χ1) is 8.92. The average molecular weight is 271 g/mol. The fourth-order valence-electron chi connectivity index (χ4n) is 1.57. The fraction of sp³-hybridized carbons (Fsp3) is 0.333. The molecule has 0 bridgehead atoms. The standard InChI is InChI=1S/C12H15F2N3O2/c1-7(4-11(15)17-19)16-12(18)5-8-2-3-9(13)6-10(8)14/h2-3,6-7,19H,4-5H2,1H3,(H2,15,17)(H,16,18). The van der Waals surface area contributed by atoms with Gasteiger partial charge in [-0.25, -0.2) is 8.78 Å². The van der Waals surface area contributed by atoms with Crippen LogP contribution in [0, 0.1) is 11.6 Å². The summed E-state index contributed by atoms with van der Waals surface area (Å²) < 4.78 is 26.0. The molecule has 0 spiro atoms. The molecule has 19 heavy (non-hydrogen) atoms. The molecule has 0 heterocycles. The van der Waals surface area contributed by atoms with Crippen molar-refractivity contribution in [2.45, 2.75) is 25.8 Å². The SMILES string of the molecule is CC(CC(N)=NO)NC(=O)Cc1ccc(F)cc1F. The average Bonchev–Trinajstić information content (AvgIpc) is 2.32. The van der Waals surface area contributed by atoms with Gasteiger partial charge in [0.1, 0.15) is 17.5 Å². The van der Waals surface area contributed by atoms with Gasteiger partial charge in [0.05, 0.1) is 6.42 Å². The van der Waals surface area contributed by atoms with Crippen LogP contribution in [0.25, 0.3) is 0 Å². The van der Waals surface area contributed by atoms with E-state index >= 15 is 0 Å². The molecule has 4 N–H and O–H groups in total. The van der Waals surface area contributed by atoms with Crippen LogP contribution in [-0.2, 0) is 11.2 Å². The minimum absolute atomic E-state index is 0.0132. The highest BCUT2D eigenvalue weighted by Gasteiger charge is 2.12. The number of hydrogen-bond donors (Lipinski definition) is 3. The van der Waals surface area contributed by atoms with E-state index in [1.54, 1.807) is 6.92 Å². The van der Waals surface area contributed by atoms with Gasteiger partial charge in [-0.2, -0.15) is 0 Å². The van der Waals surface area contributed by atoms with Crippen LogP contribution in [0.3, 0.4) is 0 Å². The van der Waals surface area contributed by atoms with Crippen LogP contribution >= 0.6 is 0 Å². The molecule has 0 saturated heterocycles. The number of benzene rings is 1. The monoisotopic (exact) mass is 271 g/mol. The van der Waals surface area contributed by atoms with E-state index in [-0.39, 0.29) is 30.3 Å². The Labute approximate surface area is 109 Å². The minimum Gasteiger partial charge on any atom is -0.409 e. The quantitative estimate of drug-likeness (QED) is 0.325. The van der Waals surface area contributed by atoms with Crippen LogP contribution in [-0.4, -0.2) is 23.0 Å². The van der Waals surface area contributed by atoms with Gasteiger partial charge in [0.15, 0.2) is 0 Å². The zero-order valence-electron chi connectivity index (χ0n) is 10.4. The summed E-state index contributed by atoms with van der Waals surface area (Å²) in [4.78, 5) is 11.6. The Kier molecular flexibility index (Phi) is 5.23. The largest absolute Gasteiger partial charge is 0.409 e. The molecule has 0 radical (unpaired) electrons. The van der Waals surface area contributed by atoms with Gasteiger partial charge in [0.2, 0.25) is 5.91 Å². The third-order valence-corrected chi connectivity index (χ3v) is 2.42.